The second-order valence-corrected chi connectivity index (χ2v) is 4.43. The molecule has 0 unspecified atom stereocenters. The third-order valence-electron chi connectivity index (χ3n) is 2.76. The van der Waals surface area contributed by atoms with Gasteiger partial charge in [0, 0.05) is 13.0 Å². The van der Waals surface area contributed by atoms with Crippen LogP contribution in [0.3, 0.4) is 0 Å². The van der Waals surface area contributed by atoms with Crippen molar-refractivity contribution in [1.29, 1.82) is 0 Å². The zero-order chi connectivity index (χ0) is 13.1. The molecule has 0 bridgehead atoms. The predicted octanol–water partition coefficient (Wildman–Crippen LogP) is 1.45. The Bertz CT molecular complexity index is 560. The lowest BCUT2D eigenvalue weighted by Gasteiger charge is -2.06. The van der Waals surface area contributed by atoms with Gasteiger partial charge in [-0.3, -0.25) is 0 Å². The van der Waals surface area contributed by atoms with E-state index in [1.54, 1.807) is 6.07 Å². The number of hydrogen-bond donors (Lipinski definition) is 1. The van der Waals surface area contributed by atoms with Gasteiger partial charge in [-0.2, -0.15) is 0 Å². The van der Waals surface area contributed by atoms with Crippen LogP contribution in [0.4, 0.5) is 0 Å². The molecule has 0 aliphatic carbocycles. The molecule has 0 spiro atoms. The number of aromatic amines is 1. The van der Waals surface area contributed by atoms with Crippen molar-refractivity contribution in [3.63, 3.8) is 0 Å². The van der Waals surface area contributed by atoms with Crippen LogP contribution in [0.2, 0.25) is 0 Å². The molecule has 1 heterocycles. The highest BCUT2D eigenvalue weighted by Crippen LogP contribution is 2.17. The van der Waals surface area contributed by atoms with Crippen LogP contribution in [0.1, 0.15) is 16.2 Å². The number of carbonyl (C=O) groups is 1. The molecule has 0 aliphatic rings. The minimum Gasteiger partial charge on any atom is -0.465 e. The molecule has 5 heteroatoms. The number of likely N-dealkylation sites (N-methyl/N-ethyl adjacent to an activating group) is 1. The summed E-state index contributed by atoms with van der Waals surface area (Å²) in [5.41, 5.74) is 2.05. The second kappa shape index (κ2) is 5.18. The Morgan fingerprint density at radius 1 is 1.44 bits per heavy atom. The number of esters is 1. The van der Waals surface area contributed by atoms with Gasteiger partial charge in [-0.05, 0) is 26.2 Å². The van der Waals surface area contributed by atoms with Gasteiger partial charge in [-0.15, -0.1) is 0 Å². The minimum absolute atomic E-state index is 0.355. The maximum Gasteiger partial charge on any atom is 0.340 e. The van der Waals surface area contributed by atoms with Crippen LogP contribution < -0.4 is 0 Å². The molecule has 0 aliphatic heterocycles. The van der Waals surface area contributed by atoms with Crippen molar-refractivity contribution in [1.82, 2.24) is 14.9 Å². The third-order valence-corrected chi connectivity index (χ3v) is 2.76. The Hall–Kier alpha value is -1.88. The van der Waals surface area contributed by atoms with E-state index in [9.17, 15) is 4.79 Å². The van der Waals surface area contributed by atoms with E-state index in [-0.39, 0.29) is 5.97 Å². The topological polar surface area (TPSA) is 58.2 Å². The smallest absolute Gasteiger partial charge is 0.340 e. The van der Waals surface area contributed by atoms with Crippen LogP contribution in [0.15, 0.2) is 18.2 Å². The Labute approximate surface area is 106 Å². The maximum absolute atomic E-state index is 11.6. The first kappa shape index (κ1) is 12.6. The van der Waals surface area contributed by atoms with Crippen LogP contribution in [0, 0.1) is 0 Å². The number of methoxy groups -OCH3 is 1. The van der Waals surface area contributed by atoms with Gasteiger partial charge >= 0.3 is 5.97 Å². The summed E-state index contributed by atoms with van der Waals surface area (Å²) in [5.74, 6) is 0.529. The maximum atomic E-state index is 11.6. The number of nitrogens with one attached hydrogen (secondary N) is 1. The van der Waals surface area contributed by atoms with E-state index in [4.69, 9.17) is 4.74 Å². The molecule has 1 aromatic carbocycles. The van der Waals surface area contributed by atoms with E-state index in [0.717, 1.165) is 24.3 Å². The fourth-order valence-corrected chi connectivity index (χ4v) is 1.81. The lowest BCUT2D eigenvalue weighted by atomic mass is 10.2. The molecule has 0 fully saturated rings. The first-order valence-corrected chi connectivity index (χ1v) is 5.82. The monoisotopic (exact) mass is 247 g/mol. The number of H-pyrrole nitrogens is 1. The first-order chi connectivity index (χ1) is 8.61. The van der Waals surface area contributed by atoms with E-state index >= 15 is 0 Å². The van der Waals surface area contributed by atoms with Crippen molar-refractivity contribution in [2.75, 3.05) is 27.7 Å². The van der Waals surface area contributed by atoms with Crippen LogP contribution in [0.25, 0.3) is 11.0 Å². The number of aromatic nitrogens is 2. The average Bonchev–Trinajstić information content (AvgIpc) is 2.77. The van der Waals surface area contributed by atoms with E-state index in [2.05, 4.69) is 14.9 Å². The van der Waals surface area contributed by atoms with E-state index in [1.807, 2.05) is 26.2 Å². The van der Waals surface area contributed by atoms with E-state index < -0.39 is 0 Å². The Balaban J connectivity index is 2.35. The molecule has 5 nitrogen and oxygen atoms in total. The molecular weight excluding hydrogens is 230 g/mol. The summed E-state index contributed by atoms with van der Waals surface area (Å²) in [6.45, 7) is 0.910. The SMILES string of the molecule is COC(=O)c1cccc2[nH]c(CCN(C)C)nc12. The Kier molecular flexibility index (Phi) is 3.62. The number of carbonyl (C=O) groups excluding carboxylic acids is 1. The molecule has 96 valence electrons. The highest BCUT2D eigenvalue weighted by atomic mass is 16.5. The molecule has 0 radical (unpaired) electrons. The number of imidazole rings is 1. The van der Waals surface area contributed by atoms with Crippen LogP contribution in [0.5, 0.6) is 0 Å². The fourth-order valence-electron chi connectivity index (χ4n) is 1.81. The molecule has 2 rings (SSSR count). The van der Waals surface area contributed by atoms with Gasteiger partial charge in [0.1, 0.15) is 11.3 Å². The predicted molar refractivity (Wildman–Crippen MR) is 69.7 cm³/mol. The molecule has 0 saturated carbocycles. The van der Waals surface area contributed by atoms with Crippen LogP contribution in [-0.2, 0) is 11.2 Å². The lowest BCUT2D eigenvalue weighted by molar-refractivity contribution is 0.0603. The van der Waals surface area contributed by atoms with Crippen LogP contribution in [-0.4, -0.2) is 48.6 Å². The zero-order valence-corrected chi connectivity index (χ0v) is 10.9. The molecule has 0 atom stereocenters. The quantitative estimate of drug-likeness (QED) is 0.831. The molecule has 2 aromatic rings. The first-order valence-electron chi connectivity index (χ1n) is 5.82. The van der Waals surface area contributed by atoms with Gasteiger partial charge in [0.15, 0.2) is 0 Å². The lowest BCUT2D eigenvalue weighted by Crippen LogP contribution is -2.15. The van der Waals surface area contributed by atoms with Crippen molar-refractivity contribution < 1.29 is 9.53 Å². The van der Waals surface area contributed by atoms with Crippen molar-refractivity contribution in [3.05, 3.63) is 29.6 Å². The molecule has 18 heavy (non-hydrogen) atoms. The van der Waals surface area contributed by atoms with Crippen molar-refractivity contribution in [2.24, 2.45) is 0 Å². The molecule has 1 N–H and O–H groups in total. The van der Waals surface area contributed by atoms with Crippen LogP contribution >= 0.6 is 0 Å². The van der Waals surface area contributed by atoms with Gasteiger partial charge < -0.3 is 14.6 Å². The normalized spacial score (nSPS) is 11.1. The summed E-state index contributed by atoms with van der Waals surface area (Å²) >= 11 is 0. The third kappa shape index (κ3) is 2.51. The van der Waals surface area contributed by atoms with Gasteiger partial charge in [-0.1, -0.05) is 6.07 Å². The summed E-state index contributed by atoms with van der Waals surface area (Å²) in [7, 11) is 5.41. The van der Waals surface area contributed by atoms with Gasteiger partial charge in [-0.25, -0.2) is 9.78 Å². The van der Waals surface area contributed by atoms with Crippen molar-refractivity contribution in [3.8, 4) is 0 Å². The van der Waals surface area contributed by atoms with Gasteiger partial charge in [0.25, 0.3) is 0 Å². The molecule has 0 saturated heterocycles. The molecule has 1 aromatic heterocycles. The number of benzene rings is 1. The van der Waals surface area contributed by atoms with Crippen molar-refractivity contribution >= 4 is 17.0 Å². The van der Waals surface area contributed by atoms with Gasteiger partial charge in [0.2, 0.25) is 0 Å². The number of hydrogen-bond acceptors (Lipinski definition) is 4. The summed E-state index contributed by atoms with van der Waals surface area (Å²) in [4.78, 5) is 21.4. The number of para-hydroxylation sites is 1. The van der Waals surface area contributed by atoms with Crippen molar-refractivity contribution in [2.45, 2.75) is 6.42 Å². The second-order valence-electron chi connectivity index (χ2n) is 4.43. The number of rotatable bonds is 4. The Morgan fingerprint density at radius 3 is 2.89 bits per heavy atom. The standard InChI is InChI=1S/C13H17N3O2/c1-16(2)8-7-11-14-10-6-4-5-9(12(10)15-11)13(17)18-3/h4-6H,7-8H2,1-3H3,(H,14,15). The average molecular weight is 247 g/mol. The molecular formula is C13H17N3O2. The fraction of sp³-hybridized carbons (Fsp3) is 0.385. The number of ether oxygens (including phenoxy) is 1. The summed E-state index contributed by atoms with van der Waals surface area (Å²) in [6.07, 6.45) is 0.822. The number of nitrogens with zero attached hydrogens (tertiary/aromatic N) is 2. The highest BCUT2D eigenvalue weighted by molar-refractivity contribution is 6.01. The summed E-state index contributed by atoms with van der Waals surface area (Å²) in [6, 6.07) is 5.46. The largest absolute Gasteiger partial charge is 0.465 e. The highest BCUT2D eigenvalue weighted by Gasteiger charge is 2.13. The van der Waals surface area contributed by atoms with Gasteiger partial charge in [0.05, 0.1) is 18.2 Å². The Morgan fingerprint density at radius 2 is 2.22 bits per heavy atom. The number of fused-ring (bicyclic) bond motifs is 1. The van der Waals surface area contributed by atoms with E-state index in [0.29, 0.717) is 11.1 Å². The summed E-state index contributed by atoms with van der Waals surface area (Å²) in [5, 5.41) is 0. The zero-order valence-electron chi connectivity index (χ0n) is 10.9. The van der Waals surface area contributed by atoms with E-state index in [1.165, 1.54) is 7.11 Å². The minimum atomic E-state index is -0.355. The summed E-state index contributed by atoms with van der Waals surface area (Å²) < 4.78 is 4.75. The molecule has 0 amide bonds.